The first-order valence-corrected chi connectivity index (χ1v) is 9.22. The molecule has 0 saturated carbocycles. The summed E-state index contributed by atoms with van der Waals surface area (Å²) >= 11 is 0. The van der Waals surface area contributed by atoms with Crippen molar-refractivity contribution < 1.29 is 18.9 Å². The van der Waals surface area contributed by atoms with Crippen LogP contribution in [0.1, 0.15) is 11.1 Å². The molecule has 146 valence electrons. The van der Waals surface area contributed by atoms with E-state index >= 15 is 0 Å². The van der Waals surface area contributed by atoms with Crippen molar-refractivity contribution in [3.8, 4) is 34.3 Å². The van der Waals surface area contributed by atoms with E-state index in [0.717, 1.165) is 57.9 Å². The van der Waals surface area contributed by atoms with E-state index in [-0.39, 0.29) is 0 Å². The number of pyridine rings is 1. The summed E-state index contributed by atoms with van der Waals surface area (Å²) in [5.74, 6) is 2.89. The minimum atomic E-state index is 0.623. The van der Waals surface area contributed by atoms with Gasteiger partial charge in [0.1, 0.15) is 6.61 Å². The van der Waals surface area contributed by atoms with Crippen LogP contribution in [0.2, 0.25) is 0 Å². The molecule has 2 heterocycles. The predicted molar refractivity (Wildman–Crippen MR) is 109 cm³/mol. The van der Waals surface area contributed by atoms with Crippen LogP contribution in [-0.2, 0) is 6.54 Å². The van der Waals surface area contributed by atoms with Crippen molar-refractivity contribution in [2.75, 3.05) is 34.5 Å². The first-order valence-electron chi connectivity index (χ1n) is 9.22. The summed E-state index contributed by atoms with van der Waals surface area (Å²) in [6, 6.07) is 10.1. The Morgan fingerprint density at radius 1 is 0.929 bits per heavy atom. The van der Waals surface area contributed by atoms with Crippen LogP contribution in [0.25, 0.3) is 22.2 Å². The SMILES string of the molecule is COc1cc2nc(-c3cc4c(c(OC)c3)OCCNC4)cc(C)c2cc1OC. The maximum absolute atomic E-state index is 5.87. The van der Waals surface area contributed by atoms with Gasteiger partial charge in [-0.1, -0.05) is 0 Å². The molecule has 0 aliphatic carbocycles. The Hall–Kier alpha value is -2.99. The van der Waals surface area contributed by atoms with Crippen LogP contribution in [0.15, 0.2) is 30.3 Å². The minimum absolute atomic E-state index is 0.623. The van der Waals surface area contributed by atoms with Gasteiger partial charge < -0.3 is 24.3 Å². The summed E-state index contributed by atoms with van der Waals surface area (Å²) in [5.41, 5.74) is 4.91. The Bertz CT molecular complexity index is 1030. The van der Waals surface area contributed by atoms with E-state index in [1.807, 2.05) is 18.2 Å². The smallest absolute Gasteiger partial charge is 0.165 e. The maximum Gasteiger partial charge on any atom is 0.165 e. The molecule has 1 aliphatic rings. The molecule has 4 rings (SSSR count). The second-order valence-corrected chi connectivity index (χ2v) is 6.74. The Labute approximate surface area is 164 Å². The number of fused-ring (bicyclic) bond motifs is 2. The Kier molecular flexibility index (Phi) is 4.96. The van der Waals surface area contributed by atoms with E-state index in [2.05, 4.69) is 24.4 Å². The topological polar surface area (TPSA) is 61.8 Å². The molecule has 28 heavy (non-hydrogen) atoms. The first kappa shape index (κ1) is 18.4. The zero-order valence-electron chi connectivity index (χ0n) is 16.6. The fourth-order valence-electron chi connectivity index (χ4n) is 3.57. The van der Waals surface area contributed by atoms with E-state index in [1.165, 1.54) is 0 Å². The van der Waals surface area contributed by atoms with Crippen molar-refractivity contribution in [3.05, 3.63) is 41.5 Å². The lowest BCUT2D eigenvalue weighted by atomic mass is 10.0. The third-order valence-electron chi connectivity index (χ3n) is 5.01. The lowest BCUT2D eigenvalue weighted by Gasteiger charge is -2.15. The van der Waals surface area contributed by atoms with Crippen molar-refractivity contribution >= 4 is 10.9 Å². The first-order chi connectivity index (χ1) is 13.6. The van der Waals surface area contributed by atoms with Crippen LogP contribution in [0, 0.1) is 6.92 Å². The van der Waals surface area contributed by atoms with Crippen molar-refractivity contribution in [3.63, 3.8) is 0 Å². The largest absolute Gasteiger partial charge is 0.493 e. The number of rotatable bonds is 4. The summed E-state index contributed by atoms with van der Waals surface area (Å²) in [6.07, 6.45) is 0. The predicted octanol–water partition coefficient (Wildman–Crippen LogP) is 3.72. The zero-order valence-corrected chi connectivity index (χ0v) is 16.6. The molecule has 0 saturated heterocycles. The number of nitrogens with zero attached hydrogens (tertiary/aromatic N) is 1. The van der Waals surface area contributed by atoms with Gasteiger partial charge in [0.25, 0.3) is 0 Å². The number of hydrogen-bond donors (Lipinski definition) is 1. The lowest BCUT2D eigenvalue weighted by Crippen LogP contribution is -2.16. The molecular weight excluding hydrogens is 356 g/mol. The summed E-state index contributed by atoms with van der Waals surface area (Å²) in [5, 5.41) is 4.41. The Morgan fingerprint density at radius 2 is 1.68 bits per heavy atom. The monoisotopic (exact) mass is 380 g/mol. The van der Waals surface area contributed by atoms with Gasteiger partial charge in [0.05, 0.1) is 32.5 Å². The van der Waals surface area contributed by atoms with Gasteiger partial charge in [-0.25, -0.2) is 4.98 Å². The third kappa shape index (κ3) is 3.20. The highest BCUT2D eigenvalue weighted by molar-refractivity contribution is 5.88. The fourth-order valence-corrected chi connectivity index (χ4v) is 3.57. The zero-order chi connectivity index (χ0) is 19.7. The molecule has 0 bridgehead atoms. The lowest BCUT2D eigenvalue weighted by molar-refractivity contribution is 0.302. The fraction of sp³-hybridized carbons (Fsp3) is 0.318. The molecule has 1 aromatic heterocycles. The second kappa shape index (κ2) is 7.56. The van der Waals surface area contributed by atoms with E-state index < -0.39 is 0 Å². The Balaban J connectivity index is 1.88. The van der Waals surface area contributed by atoms with E-state index in [1.54, 1.807) is 21.3 Å². The van der Waals surface area contributed by atoms with Gasteiger partial charge in [-0.3, -0.25) is 0 Å². The van der Waals surface area contributed by atoms with Gasteiger partial charge in [0.2, 0.25) is 0 Å². The quantitative estimate of drug-likeness (QED) is 0.744. The van der Waals surface area contributed by atoms with Gasteiger partial charge >= 0.3 is 0 Å². The normalized spacial score (nSPS) is 13.4. The molecule has 1 N–H and O–H groups in total. The van der Waals surface area contributed by atoms with Crippen molar-refractivity contribution in [2.24, 2.45) is 0 Å². The molecule has 6 heteroatoms. The maximum atomic E-state index is 5.87. The molecule has 2 aromatic carbocycles. The molecule has 0 amide bonds. The molecule has 3 aromatic rings. The molecule has 6 nitrogen and oxygen atoms in total. The van der Waals surface area contributed by atoms with E-state index in [4.69, 9.17) is 23.9 Å². The van der Waals surface area contributed by atoms with Crippen LogP contribution in [0.3, 0.4) is 0 Å². The van der Waals surface area contributed by atoms with Crippen molar-refractivity contribution in [2.45, 2.75) is 13.5 Å². The number of methoxy groups -OCH3 is 3. The number of aryl methyl sites for hydroxylation is 1. The van der Waals surface area contributed by atoms with Crippen LogP contribution >= 0.6 is 0 Å². The minimum Gasteiger partial charge on any atom is -0.493 e. The molecule has 0 fully saturated rings. The summed E-state index contributed by atoms with van der Waals surface area (Å²) < 4.78 is 22.3. The number of aromatic nitrogens is 1. The standard InChI is InChI=1S/C22H24N2O4/c1-13-7-17(24-18-11-20(26-3)19(25-2)10-16(13)18)14-8-15-12-23-5-6-28-22(15)21(9-14)27-4/h7-11,23H,5-6,12H2,1-4H3. The van der Waals surface area contributed by atoms with Gasteiger partial charge in [0.15, 0.2) is 23.0 Å². The highest BCUT2D eigenvalue weighted by Gasteiger charge is 2.18. The van der Waals surface area contributed by atoms with Crippen LogP contribution in [-0.4, -0.2) is 39.5 Å². The van der Waals surface area contributed by atoms with Gasteiger partial charge in [-0.05, 0) is 36.8 Å². The molecule has 0 radical (unpaired) electrons. The van der Waals surface area contributed by atoms with Gasteiger partial charge in [-0.15, -0.1) is 0 Å². The van der Waals surface area contributed by atoms with Crippen molar-refractivity contribution in [1.82, 2.24) is 10.3 Å². The highest BCUT2D eigenvalue weighted by Crippen LogP contribution is 2.39. The second-order valence-electron chi connectivity index (χ2n) is 6.74. The van der Waals surface area contributed by atoms with Crippen LogP contribution in [0.5, 0.6) is 23.0 Å². The number of hydrogen-bond acceptors (Lipinski definition) is 6. The number of nitrogens with one attached hydrogen (secondary N) is 1. The summed E-state index contributed by atoms with van der Waals surface area (Å²) in [4.78, 5) is 4.89. The van der Waals surface area contributed by atoms with Gasteiger partial charge in [-0.2, -0.15) is 0 Å². The van der Waals surface area contributed by atoms with E-state index in [0.29, 0.717) is 18.1 Å². The van der Waals surface area contributed by atoms with E-state index in [9.17, 15) is 0 Å². The molecule has 0 spiro atoms. The van der Waals surface area contributed by atoms with Crippen LogP contribution < -0.4 is 24.3 Å². The molecule has 0 atom stereocenters. The molecular formula is C22H24N2O4. The number of benzene rings is 2. The molecule has 1 aliphatic heterocycles. The molecule has 0 unspecified atom stereocenters. The summed E-state index contributed by atoms with van der Waals surface area (Å²) in [7, 11) is 4.93. The third-order valence-corrected chi connectivity index (χ3v) is 5.01. The highest BCUT2D eigenvalue weighted by atomic mass is 16.5. The van der Waals surface area contributed by atoms with Crippen molar-refractivity contribution in [1.29, 1.82) is 0 Å². The average molecular weight is 380 g/mol. The average Bonchev–Trinajstić information content (AvgIpc) is 2.97. The number of ether oxygens (including phenoxy) is 4. The van der Waals surface area contributed by atoms with Gasteiger partial charge in [0, 0.05) is 35.7 Å². The Morgan fingerprint density at radius 3 is 2.43 bits per heavy atom. The van der Waals surface area contributed by atoms with Crippen LogP contribution in [0.4, 0.5) is 0 Å². The summed E-state index contributed by atoms with van der Waals surface area (Å²) in [6.45, 7) is 4.24.